The Morgan fingerprint density at radius 2 is 0.827 bits per heavy atom. The van der Waals surface area contributed by atoms with E-state index in [0.717, 1.165) is 21.9 Å². The van der Waals surface area contributed by atoms with E-state index in [-0.39, 0.29) is 12.0 Å². The summed E-state index contributed by atoms with van der Waals surface area (Å²) in [6.07, 6.45) is 7.25. The number of allylic oxidation sites excluding steroid dienone is 2. The molecule has 1 aliphatic carbocycles. The van der Waals surface area contributed by atoms with Gasteiger partial charge in [0.2, 0.25) is 0 Å². The second-order valence-corrected chi connectivity index (χ2v) is 34.7. The Hall–Kier alpha value is -11.6. The Morgan fingerprint density at radius 3 is 1.65 bits per heavy atom. The van der Waals surface area contributed by atoms with Gasteiger partial charge in [0.1, 0.15) is 11.2 Å². The van der Waals surface area contributed by atoms with Gasteiger partial charge in [-0.05, 0) is 206 Å². The number of thiol groups is 1. The molecule has 0 bridgehead atoms. The molecule has 0 spiro atoms. The Labute approximate surface area is 615 Å². The molecular weight excluding hydrogens is 1360 g/mol. The van der Waals surface area contributed by atoms with E-state index in [4.69, 9.17) is 4.42 Å². The zero-order chi connectivity index (χ0) is 67.6. The maximum absolute atomic E-state index is 6.22. The van der Waals surface area contributed by atoms with Crippen LogP contribution in [0.25, 0.3) is 180 Å². The summed E-state index contributed by atoms with van der Waals surface area (Å²) in [6.45, 7) is 0. The summed E-state index contributed by atoms with van der Waals surface area (Å²) >= 11 is 7.58. The van der Waals surface area contributed by atoms with Gasteiger partial charge in [-0.3, -0.25) is 0 Å². The SMILES string of the molecule is C1=CC2C(C=C1c1ccc3oc4ccccc4c3c1)c1ccccc1N2c1ccc2sc3cc(-c4ccc5c(c4)[SH](c4ccc6sc7ccc(-c8ccc9c(c8)c8ccccc8n9-c8ccc9c(c8)sc8cc(-c%10ccc%11c(c%10)sc%10ccccc%10%11)ccc89)cc7c6c4)c4ccccc4-5)ccc3c2c1. The standard InChI is InChI=1S/C96H56N2OS5/c1-6-16-81-65(11-1)75-43-54(56-27-39-86-77(45-56)67-13-3-8-18-85(67)99-86)25-37-83(75)97(81)62-30-41-89-79(51-62)72-34-23-60(49-93(72)102-89)61-24-35-74-73-15-5-10-20-95(73)104(96(74)50-61)64-31-42-90-80(53-64)78-46-57(28-40-88(78)100-90)55-26-38-84-76(44-55)66-12-2-7-17-82(66)98(84)63-29-36-71-70-33-22-59(48-92(70)103-94(71)52-63)58-21-32-69-68-14-4-9-19-87(68)101-91(69)47-58/h1-53,75,83,104H. The van der Waals surface area contributed by atoms with Crippen molar-refractivity contribution in [3.05, 3.63) is 333 Å². The van der Waals surface area contributed by atoms with Gasteiger partial charge in [-0.1, -0.05) is 182 Å². The van der Waals surface area contributed by atoms with E-state index >= 15 is 0 Å². The average Bonchev–Trinajstić information content (AvgIpc) is 1.56. The molecule has 2 aliphatic heterocycles. The maximum atomic E-state index is 6.22. The van der Waals surface area contributed by atoms with Gasteiger partial charge in [0.15, 0.2) is 0 Å². The zero-order valence-corrected chi connectivity index (χ0v) is 59.8. The molecule has 486 valence electrons. The number of thiophene rings is 4. The Morgan fingerprint density at radius 1 is 0.308 bits per heavy atom. The van der Waals surface area contributed by atoms with Crippen molar-refractivity contribution >= 4 is 198 Å². The number of fused-ring (bicyclic) bond motifs is 24. The number of para-hydroxylation sites is 3. The van der Waals surface area contributed by atoms with Crippen molar-refractivity contribution in [2.45, 2.75) is 26.6 Å². The van der Waals surface area contributed by atoms with Gasteiger partial charge >= 0.3 is 0 Å². The number of aromatic nitrogens is 1. The molecule has 15 aromatic carbocycles. The van der Waals surface area contributed by atoms with Crippen LogP contribution in [0.5, 0.6) is 0 Å². The minimum atomic E-state index is -0.847. The lowest BCUT2D eigenvalue weighted by Gasteiger charge is -2.30. The Balaban J connectivity index is 0.539. The largest absolute Gasteiger partial charge is 0.456 e. The molecule has 0 amide bonds. The van der Waals surface area contributed by atoms with Crippen molar-refractivity contribution in [2.75, 3.05) is 4.90 Å². The van der Waals surface area contributed by atoms with Crippen LogP contribution in [-0.4, -0.2) is 10.6 Å². The quantitative estimate of drug-likeness (QED) is 0.161. The summed E-state index contributed by atoms with van der Waals surface area (Å²) < 4.78 is 19.2. The van der Waals surface area contributed by atoms with Crippen LogP contribution in [0, 0.1) is 0 Å². The highest BCUT2D eigenvalue weighted by molar-refractivity contribution is 8.17. The van der Waals surface area contributed by atoms with E-state index in [1.807, 2.05) is 51.4 Å². The maximum Gasteiger partial charge on any atom is 0.135 e. The third-order valence-corrected chi connectivity index (χ3v) is 29.7. The smallest absolute Gasteiger partial charge is 0.135 e. The number of furan rings is 1. The summed E-state index contributed by atoms with van der Waals surface area (Å²) in [7, 11) is -0.847. The number of hydrogen-bond acceptors (Lipinski definition) is 6. The summed E-state index contributed by atoms with van der Waals surface area (Å²) in [6, 6.07) is 115. The molecule has 3 unspecified atom stereocenters. The van der Waals surface area contributed by atoms with Crippen LogP contribution in [0.15, 0.2) is 341 Å². The average molecular weight is 1410 g/mol. The van der Waals surface area contributed by atoms with Crippen molar-refractivity contribution in [3.63, 3.8) is 0 Å². The van der Waals surface area contributed by atoms with Crippen molar-refractivity contribution in [3.8, 4) is 50.2 Å². The third kappa shape index (κ3) is 8.57. The first-order valence-electron chi connectivity index (χ1n) is 35.6. The summed E-state index contributed by atoms with van der Waals surface area (Å²) in [5.41, 5.74) is 21.9. The van der Waals surface area contributed by atoms with Gasteiger partial charge in [-0.15, -0.1) is 45.3 Å². The first-order chi connectivity index (χ1) is 51.5. The molecule has 24 rings (SSSR count). The van der Waals surface area contributed by atoms with Crippen molar-refractivity contribution in [1.82, 2.24) is 4.57 Å². The van der Waals surface area contributed by atoms with Gasteiger partial charge in [-0.25, -0.2) is 0 Å². The van der Waals surface area contributed by atoms with E-state index in [0.29, 0.717) is 0 Å². The van der Waals surface area contributed by atoms with E-state index in [1.54, 1.807) is 0 Å². The number of rotatable bonds is 7. The molecule has 8 heteroatoms. The van der Waals surface area contributed by atoms with Crippen LogP contribution in [0.3, 0.4) is 0 Å². The lowest BCUT2D eigenvalue weighted by Crippen LogP contribution is -2.28. The fourth-order valence-corrected chi connectivity index (χ4v) is 25.0. The first-order valence-corrected chi connectivity index (χ1v) is 40.2. The lowest BCUT2D eigenvalue weighted by molar-refractivity contribution is 0.669. The van der Waals surface area contributed by atoms with Crippen molar-refractivity contribution in [1.29, 1.82) is 0 Å². The predicted octanol–water partition coefficient (Wildman–Crippen LogP) is 28.9. The fraction of sp³-hybridized carbons (Fsp3) is 0.0208. The summed E-state index contributed by atoms with van der Waals surface area (Å²) in [5.74, 6) is 0.212. The molecule has 3 aliphatic rings. The monoisotopic (exact) mass is 1410 g/mol. The molecule has 3 nitrogen and oxygen atoms in total. The van der Waals surface area contributed by atoms with Gasteiger partial charge < -0.3 is 13.9 Å². The van der Waals surface area contributed by atoms with Crippen LogP contribution in [-0.2, 0) is 0 Å². The first kappa shape index (κ1) is 58.0. The molecule has 6 aromatic heterocycles. The molecule has 21 aromatic rings. The second-order valence-electron chi connectivity index (χ2n) is 28.2. The van der Waals surface area contributed by atoms with Crippen LogP contribution < -0.4 is 4.90 Å². The highest BCUT2D eigenvalue weighted by Crippen LogP contribution is 2.64. The van der Waals surface area contributed by atoms with Gasteiger partial charge in [0.25, 0.3) is 0 Å². The molecule has 0 saturated heterocycles. The molecule has 0 saturated carbocycles. The fourth-order valence-electron chi connectivity index (χ4n) is 17.8. The molecule has 0 radical (unpaired) electrons. The third-order valence-electron chi connectivity index (χ3n) is 22.6. The highest BCUT2D eigenvalue weighted by Gasteiger charge is 2.39. The summed E-state index contributed by atoms with van der Waals surface area (Å²) in [4.78, 5) is 6.82. The molecular formula is C96H56N2OS5. The minimum absolute atomic E-state index is 0.161. The normalized spacial score (nSPS) is 15.9. The molecule has 0 N–H and O–H groups in total. The molecule has 0 fully saturated rings. The van der Waals surface area contributed by atoms with E-state index in [9.17, 15) is 0 Å². The lowest BCUT2D eigenvalue weighted by atomic mass is 9.86. The number of nitrogens with zero attached hydrogens (tertiary/aromatic N) is 2. The summed E-state index contributed by atoms with van der Waals surface area (Å²) in [5, 5.41) is 15.4. The molecule has 104 heavy (non-hydrogen) atoms. The topological polar surface area (TPSA) is 21.3 Å². The molecule has 8 heterocycles. The number of hydrogen-bond donors (Lipinski definition) is 1. The van der Waals surface area contributed by atoms with Crippen LogP contribution >= 0.6 is 56.2 Å². The van der Waals surface area contributed by atoms with Gasteiger partial charge in [0.05, 0.1) is 17.1 Å². The van der Waals surface area contributed by atoms with E-state index < -0.39 is 10.9 Å². The molecule has 3 atom stereocenters. The van der Waals surface area contributed by atoms with E-state index in [1.165, 1.54) is 195 Å². The highest BCUT2D eigenvalue weighted by atomic mass is 32.2. The minimum Gasteiger partial charge on any atom is -0.456 e. The Kier molecular flexibility index (Phi) is 12.2. The number of benzene rings is 15. The second kappa shape index (κ2) is 22.0. The van der Waals surface area contributed by atoms with Gasteiger partial charge in [0, 0.05) is 135 Å². The van der Waals surface area contributed by atoms with Gasteiger partial charge in [-0.2, -0.15) is 10.9 Å². The Bertz CT molecular complexity index is 7430. The van der Waals surface area contributed by atoms with Crippen molar-refractivity contribution in [2.24, 2.45) is 0 Å². The van der Waals surface area contributed by atoms with E-state index in [2.05, 4.69) is 325 Å². The van der Waals surface area contributed by atoms with Crippen LogP contribution in [0.4, 0.5) is 11.4 Å². The van der Waals surface area contributed by atoms with Crippen molar-refractivity contribution < 1.29 is 4.42 Å². The predicted molar refractivity (Wildman–Crippen MR) is 450 cm³/mol. The number of anilines is 2. The van der Waals surface area contributed by atoms with Crippen LogP contribution in [0.2, 0.25) is 0 Å². The van der Waals surface area contributed by atoms with Crippen LogP contribution in [0.1, 0.15) is 17.0 Å². The zero-order valence-electron chi connectivity index (χ0n) is 55.6.